The highest BCUT2D eigenvalue weighted by molar-refractivity contribution is 7.89. The average Bonchev–Trinajstić information content (AvgIpc) is 3.41. The summed E-state index contributed by atoms with van der Waals surface area (Å²) < 4.78 is 84.5. The second kappa shape index (κ2) is 9.67. The number of aryl methyl sites for hydroxylation is 1. The first kappa shape index (κ1) is 25.3. The largest absolute Gasteiger partial charge is 0.573 e. The zero-order valence-corrected chi connectivity index (χ0v) is 19.9. The Hall–Kier alpha value is -2.83. The molecule has 0 amide bonds. The molecule has 1 N–H and O–H groups in total. The fourth-order valence-corrected chi connectivity index (χ4v) is 5.69. The van der Waals surface area contributed by atoms with Gasteiger partial charge in [-0.3, -0.25) is 0 Å². The highest BCUT2D eigenvalue weighted by atomic mass is 35.5. The third kappa shape index (κ3) is 5.88. The summed E-state index contributed by atoms with van der Waals surface area (Å²) in [5, 5.41) is 2.76. The van der Waals surface area contributed by atoms with Gasteiger partial charge in [0.15, 0.2) is 5.03 Å². The molecule has 7 nitrogen and oxygen atoms in total. The van der Waals surface area contributed by atoms with Crippen LogP contribution in [0.3, 0.4) is 0 Å². The molecule has 1 fully saturated rings. The Morgan fingerprint density at radius 1 is 1.17 bits per heavy atom. The Balaban J connectivity index is 1.56. The van der Waals surface area contributed by atoms with Gasteiger partial charge in [-0.1, -0.05) is 23.7 Å². The van der Waals surface area contributed by atoms with Crippen molar-refractivity contribution in [2.75, 3.05) is 25.0 Å². The van der Waals surface area contributed by atoms with Crippen molar-refractivity contribution in [1.82, 2.24) is 13.9 Å². The SMILES string of the molecule is Cn1cnc(S(=O)(=O)N2CC(CNc3ccc(Cl)c(OC(F)(F)F)c3)C(c3ccc(F)cc3)C2)c1. The molecule has 0 aliphatic carbocycles. The van der Waals surface area contributed by atoms with Crippen molar-refractivity contribution in [1.29, 1.82) is 0 Å². The van der Waals surface area contributed by atoms with Crippen LogP contribution in [0.4, 0.5) is 23.2 Å². The van der Waals surface area contributed by atoms with E-state index in [1.54, 1.807) is 19.2 Å². The van der Waals surface area contributed by atoms with E-state index in [9.17, 15) is 26.0 Å². The van der Waals surface area contributed by atoms with Crippen LogP contribution in [0.2, 0.25) is 5.02 Å². The molecule has 0 radical (unpaired) electrons. The maximum atomic E-state index is 13.5. The van der Waals surface area contributed by atoms with Crippen molar-refractivity contribution in [3.05, 3.63) is 71.4 Å². The molecule has 0 saturated carbocycles. The summed E-state index contributed by atoms with van der Waals surface area (Å²) in [6.07, 6.45) is -2.11. The van der Waals surface area contributed by atoms with Crippen LogP contribution in [-0.2, 0) is 17.1 Å². The third-order valence-corrected chi connectivity index (χ3v) is 7.75. The van der Waals surface area contributed by atoms with E-state index >= 15 is 0 Å². The molecule has 13 heteroatoms. The van der Waals surface area contributed by atoms with Gasteiger partial charge in [-0.2, -0.15) is 4.31 Å². The minimum Gasteiger partial charge on any atom is -0.404 e. The molecule has 0 spiro atoms. The van der Waals surface area contributed by atoms with E-state index in [1.165, 1.54) is 45.7 Å². The van der Waals surface area contributed by atoms with Gasteiger partial charge in [-0.05, 0) is 35.7 Å². The molecule has 188 valence electrons. The van der Waals surface area contributed by atoms with E-state index in [4.69, 9.17) is 11.6 Å². The van der Waals surface area contributed by atoms with Crippen LogP contribution < -0.4 is 10.1 Å². The molecule has 2 heterocycles. The molecule has 0 bridgehead atoms. The number of nitrogens with zero attached hydrogens (tertiary/aromatic N) is 3. The third-order valence-electron chi connectivity index (χ3n) is 5.72. The van der Waals surface area contributed by atoms with Gasteiger partial charge < -0.3 is 14.6 Å². The lowest BCUT2D eigenvalue weighted by Crippen LogP contribution is -2.30. The van der Waals surface area contributed by atoms with Crippen molar-refractivity contribution in [2.24, 2.45) is 13.0 Å². The maximum Gasteiger partial charge on any atom is 0.573 e. The molecule has 1 aliphatic rings. The van der Waals surface area contributed by atoms with Crippen LogP contribution in [0.15, 0.2) is 60.0 Å². The van der Waals surface area contributed by atoms with Crippen molar-refractivity contribution < 1.29 is 30.7 Å². The smallest absolute Gasteiger partial charge is 0.404 e. The minimum absolute atomic E-state index is 0.0851. The molecule has 35 heavy (non-hydrogen) atoms. The molecule has 1 aliphatic heterocycles. The lowest BCUT2D eigenvalue weighted by molar-refractivity contribution is -0.274. The van der Waals surface area contributed by atoms with E-state index in [1.807, 2.05) is 0 Å². The number of sulfonamides is 1. The van der Waals surface area contributed by atoms with E-state index in [0.717, 1.165) is 11.6 Å². The van der Waals surface area contributed by atoms with Gasteiger partial charge in [0.25, 0.3) is 10.0 Å². The maximum absolute atomic E-state index is 13.5. The average molecular weight is 533 g/mol. The van der Waals surface area contributed by atoms with Crippen molar-refractivity contribution in [3.8, 4) is 5.75 Å². The first-order chi connectivity index (χ1) is 16.4. The van der Waals surface area contributed by atoms with Crippen molar-refractivity contribution in [2.45, 2.75) is 17.3 Å². The number of alkyl halides is 3. The molecule has 2 atom stereocenters. The number of hydrogen-bond donors (Lipinski definition) is 1. The Morgan fingerprint density at radius 2 is 1.89 bits per heavy atom. The van der Waals surface area contributed by atoms with Gasteiger partial charge in [0, 0.05) is 50.6 Å². The number of anilines is 1. The predicted octanol–water partition coefficient (Wildman–Crippen LogP) is 4.63. The Morgan fingerprint density at radius 3 is 2.51 bits per heavy atom. The van der Waals surface area contributed by atoms with Gasteiger partial charge in [-0.15, -0.1) is 13.2 Å². The lowest BCUT2D eigenvalue weighted by Gasteiger charge is -2.20. The van der Waals surface area contributed by atoms with Crippen LogP contribution in [0.5, 0.6) is 5.75 Å². The fraction of sp³-hybridized carbons (Fsp3) is 0.318. The number of benzene rings is 2. The number of imidazole rings is 1. The molecule has 2 unspecified atom stereocenters. The zero-order chi connectivity index (χ0) is 25.4. The quantitative estimate of drug-likeness (QED) is 0.449. The highest BCUT2D eigenvalue weighted by Crippen LogP contribution is 2.37. The molecule has 2 aromatic carbocycles. The summed E-state index contributed by atoms with van der Waals surface area (Å²) in [6.45, 7) is 0.497. The topological polar surface area (TPSA) is 76.5 Å². The van der Waals surface area contributed by atoms with Crippen LogP contribution in [0.1, 0.15) is 11.5 Å². The fourth-order valence-electron chi connectivity index (χ4n) is 4.04. The van der Waals surface area contributed by atoms with Crippen LogP contribution in [-0.4, -0.2) is 48.3 Å². The summed E-state index contributed by atoms with van der Waals surface area (Å²) >= 11 is 5.81. The summed E-state index contributed by atoms with van der Waals surface area (Å²) in [5.74, 6) is -1.54. The van der Waals surface area contributed by atoms with Gasteiger partial charge in [0.1, 0.15) is 11.6 Å². The zero-order valence-electron chi connectivity index (χ0n) is 18.3. The molecule has 1 saturated heterocycles. The first-order valence-electron chi connectivity index (χ1n) is 10.4. The van der Waals surface area contributed by atoms with Crippen LogP contribution in [0.25, 0.3) is 0 Å². The number of nitrogens with one attached hydrogen (secondary N) is 1. The van der Waals surface area contributed by atoms with Gasteiger partial charge in [0.05, 0.1) is 11.3 Å². The number of rotatable bonds is 7. The summed E-state index contributed by atoms with van der Waals surface area (Å²) in [5.41, 5.74) is 1.06. The minimum atomic E-state index is -4.90. The standard InChI is InChI=1S/C22H21ClF4N4O3S/c1-30-12-21(29-13-30)35(32,33)31-10-15(18(11-31)14-2-4-16(24)5-3-14)9-28-17-6-7-19(23)20(8-17)34-22(25,26)27/h2-8,12-13,15,18,28H,9-11H2,1H3. The van der Waals surface area contributed by atoms with E-state index < -0.39 is 28.0 Å². The molecule has 4 rings (SSSR count). The van der Waals surface area contributed by atoms with Gasteiger partial charge in [0.2, 0.25) is 0 Å². The van der Waals surface area contributed by atoms with Crippen molar-refractivity contribution in [3.63, 3.8) is 0 Å². The molecular formula is C22H21ClF4N4O3S. The number of aromatic nitrogens is 2. The van der Waals surface area contributed by atoms with Crippen LogP contribution in [0, 0.1) is 11.7 Å². The Labute approximate surface area is 204 Å². The predicted molar refractivity (Wildman–Crippen MR) is 121 cm³/mol. The van der Waals surface area contributed by atoms with Crippen molar-refractivity contribution >= 4 is 27.3 Å². The van der Waals surface area contributed by atoms with Gasteiger partial charge >= 0.3 is 6.36 Å². The number of halogens is 5. The number of ether oxygens (including phenoxy) is 1. The molecule has 1 aromatic heterocycles. The second-order valence-electron chi connectivity index (χ2n) is 8.19. The normalized spacial score (nSPS) is 19.1. The summed E-state index contributed by atoms with van der Waals surface area (Å²) in [6, 6.07) is 9.69. The second-order valence-corrected chi connectivity index (χ2v) is 10.5. The van der Waals surface area contributed by atoms with E-state index in [-0.39, 0.29) is 41.5 Å². The van der Waals surface area contributed by atoms with Gasteiger partial charge in [-0.25, -0.2) is 17.8 Å². The van der Waals surface area contributed by atoms with Crippen LogP contribution >= 0.6 is 11.6 Å². The Kier molecular flexibility index (Phi) is 6.98. The number of hydrogen-bond acceptors (Lipinski definition) is 5. The molecule has 3 aromatic rings. The first-order valence-corrected chi connectivity index (χ1v) is 12.3. The Bertz CT molecular complexity index is 1300. The summed E-state index contributed by atoms with van der Waals surface area (Å²) in [4.78, 5) is 3.96. The highest BCUT2D eigenvalue weighted by Gasteiger charge is 2.41. The molecular weight excluding hydrogens is 512 g/mol. The lowest BCUT2D eigenvalue weighted by atomic mass is 9.89. The van der Waals surface area contributed by atoms with E-state index in [0.29, 0.717) is 5.69 Å². The monoisotopic (exact) mass is 532 g/mol. The summed E-state index contributed by atoms with van der Waals surface area (Å²) in [7, 11) is -2.22. The van der Waals surface area contributed by atoms with E-state index in [2.05, 4.69) is 15.0 Å².